The Morgan fingerprint density at radius 1 is 1.22 bits per heavy atom. The number of nitriles is 1. The highest BCUT2D eigenvalue weighted by Gasteiger charge is 2.13. The maximum absolute atomic E-state index is 12.2. The molecule has 0 saturated carbocycles. The third-order valence-electron chi connectivity index (χ3n) is 3.49. The minimum Gasteiger partial charge on any atom is -0.392 e. The molecule has 0 saturated heterocycles. The van der Waals surface area contributed by atoms with Gasteiger partial charge in [0.2, 0.25) is 0 Å². The van der Waals surface area contributed by atoms with Gasteiger partial charge in [-0.1, -0.05) is 54.6 Å². The van der Waals surface area contributed by atoms with Crippen LogP contribution in [0, 0.1) is 11.3 Å². The molecule has 4 heteroatoms. The van der Waals surface area contributed by atoms with E-state index in [-0.39, 0.29) is 18.2 Å². The molecule has 4 nitrogen and oxygen atoms in total. The molecule has 0 radical (unpaired) electrons. The number of aliphatic hydroxyl groups excluding tert-OH is 1. The molecule has 2 rings (SSSR count). The minimum absolute atomic E-state index is 0.0375. The summed E-state index contributed by atoms with van der Waals surface area (Å²) in [5.41, 5.74) is 2.54. The van der Waals surface area contributed by atoms with Crippen LogP contribution in [0.4, 0.5) is 0 Å². The minimum atomic E-state index is -0.407. The fourth-order valence-corrected chi connectivity index (χ4v) is 2.13. The van der Waals surface area contributed by atoms with Gasteiger partial charge in [-0.15, -0.1) is 0 Å². The summed E-state index contributed by atoms with van der Waals surface area (Å²) >= 11 is 0. The van der Waals surface area contributed by atoms with Gasteiger partial charge in [-0.2, -0.15) is 5.26 Å². The SMILES string of the molecule is C[C@H](NC(=O)/C(C#N)=C/c1ccc(CO)cc1)c1ccccc1. The molecule has 0 aliphatic rings. The number of carbonyl (C=O) groups is 1. The molecule has 0 bridgehead atoms. The fourth-order valence-electron chi connectivity index (χ4n) is 2.13. The lowest BCUT2D eigenvalue weighted by atomic mass is 10.1. The van der Waals surface area contributed by atoms with Crippen molar-refractivity contribution < 1.29 is 9.90 Å². The normalized spacial score (nSPS) is 12.3. The van der Waals surface area contributed by atoms with Crippen molar-refractivity contribution in [2.45, 2.75) is 19.6 Å². The van der Waals surface area contributed by atoms with Crippen molar-refractivity contribution in [3.8, 4) is 6.07 Å². The van der Waals surface area contributed by atoms with Crippen molar-refractivity contribution in [3.05, 3.63) is 76.9 Å². The van der Waals surface area contributed by atoms with Gasteiger partial charge in [0.05, 0.1) is 12.6 Å². The average molecular weight is 306 g/mol. The van der Waals surface area contributed by atoms with Crippen LogP contribution in [0.15, 0.2) is 60.2 Å². The smallest absolute Gasteiger partial charge is 0.262 e. The molecule has 0 spiro atoms. The van der Waals surface area contributed by atoms with Gasteiger partial charge < -0.3 is 10.4 Å². The first-order valence-electron chi connectivity index (χ1n) is 7.31. The molecule has 1 amide bonds. The van der Waals surface area contributed by atoms with Gasteiger partial charge >= 0.3 is 0 Å². The van der Waals surface area contributed by atoms with E-state index >= 15 is 0 Å². The summed E-state index contributed by atoms with van der Waals surface area (Å²) < 4.78 is 0. The highest BCUT2D eigenvalue weighted by molar-refractivity contribution is 6.01. The molecular weight excluding hydrogens is 288 g/mol. The molecular formula is C19H18N2O2. The Morgan fingerprint density at radius 2 is 1.87 bits per heavy atom. The van der Waals surface area contributed by atoms with Gasteiger partial charge in [-0.25, -0.2) is 0 Å². The Bertz CT molecular complexity index is 728. The van der Waals surface area contributed by atoms with E-state index in [4.69, 9.17) is 5.11 Å². The number of hydrogen-bond donors (Lipinski definition) is 2. The summed E-state index contributed by atoms with van der Waals surface area (Å²) in [4.78, 5) is 12.2. The van der Waals surface area contributed by atoms with E-state index in [0.29, 0.717) is 0 Å². The number of rotatable bonds is 5. The number of carbonyl (C=O) groups excluding carboxylic acids is 1. The molecule has 1 atom stereocenters. The Morgan fingerprint density at radius 3 is 2.43 bits per heavy atom. The molecule has 0 fully saturated rings. The quantitative estimate of drug-likeness (QED) is 0.659. The zero-order chi connectivity index (χ0) is 16.7. The first kappa shape index (κ1) is 16.5. The first-order chi connectivity index (χ1) is 11.1. The second-order valence-electron chi connectivity index (χ2n) is 5.18. The Hall–Kier alpha value is -2.90. The number of amides is 1. The molecule has 2 aromatic carbocycles. The van der Waals surface area contributed by atoms with Crippen LogP contribution in [0.1, 0.15) is 29.7 Å². The lowest BCUT2D eigenvalue weighted by Crippen LogP contribution is -2.27. The standard InChI is InChI=1S/C19H18N2O2/c1-14(17-5-3-2-4-6-17)21-19(23)18(12-20)11-15-7-9-16(13-22)10-8-15/h2-11,14,22H,13H2,1H3,(H,21,23)/b18-11+/t14-/m0/s1. The fraction of sp³-hybridized carbons (Fsp3) is 0.158. The topological polar surface area (TPSA) is 73.1 Å². The maximum Gasteiger partial charge on any atom is 0.262 e. The first-order valence-corrected chi connectivity index (χ1v) is 7.31. The summed E-state index contributed by atoms with van der Waals surface area (Å²) in [5.74, 6) is -0.407. The van der Waals surface area contributed by atoms with Crippen molar-refractivity contribution in [2.75, 3.05) is 0 Å². The monoisotopic (exact) mass is 306 g/mol. The van der Waals surface area contributed by atoms with Crippen LogP contribution in [0.3, 0.4) is 0 Å². The van der Waals surface area contributed by atoms with Gasteiger partial charge in [0.15, 0.2) is 0 Å². The maximum atomic E-state index is 12.2. The molecule has 2 N–H and O–H groups in total. The van der Waals surface area contributed by atoms with Crippen LogP contribution in [0.5, 0.6) is 0 Å². The molecule has 23 heavy (non-hydrogen) atoms. The molecule has 0 heterocycles. The van der Waals surface area contributed by atoms with E-state index in [1.807, 2.05) is 43.3 Å². The van der Waals surface area contributed by atoms with Gasteiger partial charge in [-0.3, -0.25) is 4.79 Å². The zero-order valence-corrected chi connectivity index (χ0v) is 12.9. The van der Waals surface area contributed by atoms with Crippen molar-refractivity contribution in [3.63, 3.8) is 0 Å². The van der Waals surface area contributed by atoms with Crippen LogP contribution in [-0.2, 0) is 11.4 Å². The van der Waals surface area contributed by atoms with Gasteiger partial charge in [0.1, 0.15) is 11.6 Å². The van der Waals surface area contributed by atoms with Crippen LogP contribution in [0.2, 0.25) is 0 Å². The molecule has 116 valence electrons. The summed E-state index contributed by atoms with van der Waals surface area (Å²) in [7, 11) is 0. The van der Waals surface area contributed by atoms with Crippen LogP contribution < -0.4 is 5.32 Å². The van der Waals surface area contributed by atoms with E-state index in [0.717, 1.165) is 16.7 Å². The second-order valence-corrected chi connectivity index (χ2v) is 5.18. The van der Waals surface area contributed by atoms with Gasteiger partial charge in [0, 0.05) is 0 Å². The predicted molar refractivity (Wildman–Crippen MR) is 89.0 cm³/mol. The van der Waals surface area contributed by atoms with Crippen molar-refractivity contribution >= 4 is 12.0 Å². The largest absolute Gasteiger partial charge is 0.392 e. The van der Waals surface area contributed by atoms with Crippen molar-refractivity contribution in [2.24, 2.45) is 0 Å². The Kier molecular flexibility index (Phi) is 5.67. The van der Waals surface area contributed by atoms with Gasteiger partial charge in [0.25, 0.3) is 5.91 Å². The molecule has 2 aromatic rings. The van der Waals surface area contributed by atoms with E-state index in [9.17, 15) is 10.1 Å². The highest BCUT2D eigenvalue weighted by Crippen LogP contribution is 2.13. The number of benzene rings is 2. The molecule has 0 aliphatic heterocycles. The summed E-state index contributed by atoms with van der Waals surface area (Å²) in [6.45, 7) is 1.84. The van der Waals surface area contributed by atoms with Crippen LogP contribution in [0.25, 0.3) is 6.08 Å². The van der Waals surface area contributed by atoms with Crippen molar-refractivity contribution in [1.29, 1.82) is 5.26 Å². The zero-order valence-electron chi connectivity index (χ0n) is 12.9. The number of hydrogen-bond acceptors (Lipinski definition) is 3. The van der Waals surface area contributed by atoms with E-state index < -0.39 is 5.91 Å². The summed E-state index contributed by atoms with van der Waals surface area (Å²) in [5, 5.41) is 21.1. The third kappa shape index (κ3) is 4.53. The Labute approximate surface area is 135 Å². The van der Waals surface area contributed by atoms with E-state index in [2.05, 4.69) is 5.32 Å². The molecule has 0 aromatic heterocycles. The number of nitrogens with zero attached hydrogens (tertiary/aromatic N) is 1. The second kappa shape index (κ2) is 7.92. The Balaban J connectivity index is 2.11. The highest BCUT2D eigenvalue weighted by atomic mass is 16.3. The summed E-state index contributed by atoms with van der Waals surface area (Å²) in [6, 6.07) is 18.4. The average Bonchev–Trinajstić information content (AvgIpc) is 2.60. The van der Waals surface area contributed by atoms with Crippen LogP contribution >= 0.6 is 0 Å². The van der Waals surface area contributed by atoms with E-state index in [1.54, 1.807) is 24.3 Å². The van der Waals surface area contributed by atoms with Crippen LogP contribution in [-0.4, -0.2) is 11.0 Å². The number of nitrogens with one attached hydrogen (secondary N) is 1. The van der Waals surface area contributed by atoms with Crippen molar-refractivity contribution in [1.82, 2.24) is 5.32 Å². The molecule has 0 unspecified atom stereocenters. The van der Waals surface area contributed by atoms with E-state index in [1.165, 1.54) is 6.08 Å². The lowest BCUT2D eigenvalue weighted by Gasteiger charge is -2.13. The predicted octanol–water partition coefficient (Wildman–Crippen LogP) is 2.96. The molecule has 0 aliphatic carbocycles. The lowest BCUT2D eigenvalue weighted by molar-refractivity contribution is -0.117. The van der Waals surface area contributed by atoms with Gasteiger partial charge in [-0.05, 0) is 29.7 Å². The number of aliphatic hydroxyl groups is 1. The summed E-state index contributed by atoms with van der Waals surface area (Å²) in [6.07, 6.45) is 1.54. The third-order valence-corrected chi connectivity index (χ3v) is 3.49.